The van der Waals surface area contributed by atoms with Crippen LogP contribution in [0.15, 0.2) is 6.20 Å². The van der Waals surface area contributed by atoms with Crippen LogP contribution in [0, 0.1) is 5.82 Å². The average molecular weight is 270 g/mol. The second-order valence-corrected chi connectivity index (χ2v) is 5.01. The molecule has 0 aliphatic rings. The molecule has 0 saturated carbocycles. The number of nitrogen functional groups attached to an aromatic ring is 1. The Labute approximate surface area is 111 Å². The van der Waals surface area contributed by atoms with Gasteiger partial charge in [-0.2, -0.15) is 4.98 Å². The SMILES string of the molecule is CC(C)(C)NC(=O)CCNc1nc(NN)ncc1F. The maximum absolute atomic E-state index is 13.3. The van der Waals surface area contributed by atoms with E-state index in [1.54, 1.807) is 0 Å². The molecule has 0 atom stereocenters. The molecule has 0 spiro atoms. The summed E-state index contributed by atoms with van der Waals surface area (Å²) in [6.45, 7) is 5.94. The lowest BCUT2D eigenvalue weighted by molar-refractivity contribution is -0.122. The smallest absolute Gasteiger partial charge is 0.239 e. The Balaban J connectivity index is 2.47. The van der Waals surface area contributed by atoms with Crippen molar-refractivity contribution in [1.82, 2.24) is 15.3 Å². The predicted octanol–water partition coefficient (Wildman–Crippen LogP) is 0.618. The number of halogens is 1. The molecule has 0 radical (unpaired) electrons. The van der Waals surface area contributed by atoms with Crippen molar-refractivity contribution in [2.75, 3.05) is 17.3 Å². The molecular weight excluding hydrogens is 251 g/mol. The number of carbonyl (C=O) groups is 1. The zero-order valence-electron chi connectivity index (χ0n) is 11.2. The van der Waals surface area contributed by atoms with Gasteiger partial charge in [0, 0.05) is 18.5 Å². The number of hydrazine groups is 1. The zero-order valence-corrected chi connectivity index (χ0v) is 11.2. The summed E-state index contributed by atoms with van der Waals surface area (Å²) >= 11 is 0. The summed E-state index contributed by atoms with van der Waals surface area (Å²) in [7, 11) is 0. The van der Waals surface area contributed by atoms with Crippen molar-refractivity contribution in [1.29, 1.82) is 0 Å². The van der Waals surface area contributed by atoms with Gasteiger partial charge in [-0.15, -0.1) is 0 Å². The maximum Gasteiger partial charge on any atom is 0.239 e. The highest BCUT2D eigenvalue weighted by molar-refractivity contribution is 5.77. The molecule has 0 fully saturated rings. The molecule has 8 heteroatoms. The van der Waals surface area contributed by atoms with Gasteiger partial charge in [0.25, 0.3) is 0 Å². The lowest BCUT2D eigenvalue weighted by Gasteiger charge is -2.20. The van der Waals surface area contributed by atoms with Gasteiger partial charge in [-0.1, -0.05) is 0 Å². The first-order valence-electron chi connectivity index (χ1n) is 5.86. The highest BCUT2D eigenvalue weighted by Crippen LogP contribution is 2.11. The van der Waals surface area contributed by atoms with E-state index < -0.39 is 5.82 Å². The fourth-order valence-corrected chi connectivity index (χ4v) is 1.34. The Bertz CT molecular complexity index is 445. The summed E-state index contributed by atoms with van der Waals surface area (Å²) in [6, 6.07) is 0. The molecule has 0 aliphatic heterocycles. The molecule has 0 bridgehead atoms. The van der Waals surface area contributed by atoms with Gasteiger partial charge in [0.2, 0.25) is 11.9 Å². The summed E-state index contributed by atoms with van der Waals surface area (Å²) in [5.41, 5.74) is 1.93. The van der Waals surface area contributed by atoms with Crippen LogP contribution in [-0.2, 0) is 4.79 Å². The van der Waals surface area contributed by atoms with Crippen molar-refractivity contribution in [3.8, 4) is 0 Å². The van der Waals surface area contributed by atoms with Crippen LogP contribution < -0.4 is 21.9 Å². The molecule has 0 unspecified atom stereocenters. The molecule has 1 rings (SSSR count). The normalized spacial score (nSPS) is 11.0. The van der Waals surface area contributed by atoms with Gasteiger partial charge in [-0.3, -0.25) is 10.2 Å². The largest absolute Gasteiger partial charge is 0.367 e. The fourth-order valence-electron chi connectivity index (χ4n) is 1.34. The topological polar surface area (TPSA) is 105 Å². The van der Waals surface area contributed by atoms with E-state index in [9.17, 15) is 9.18 Å². The minimum absolute atomic E-state index is 0.00603. The number of amides is 1. The van der Waals surface area contributed by atoms with Crippen molar-refractivity contribution in [3.63, 3.8) is 0 Å². The number of hydrogen-bond acceptors (Lipinski definition) is 6. The van der Waals surface area contributed by atoms with Crippen LogP contribution in [0.3, 0.4) is 0 Å². The lowest BCUT2D eigenvalue weighted by Crippen LogP contribution is -2.41. The maximum atomic E-state index is 13.3. The highest BCUT2D eigenvalue weighted by Gasteiger charge is 2.13. The zero-order chi connectivity index (χ0) is 14.5. The second kappa shape index (κ2) is 6.28. The number of carbonyl (C=O) groups excluding carboxylic acids is 1. The van der Waals surface area contributed by atoms with E-state index in [1.807, 2.05) is 20.8 Å². The van der Waals surface area contributed by atoms with Gasteiger partial charge in [0.1, 0.15) is 0 Å². The molecule has 106 valence electrons. The molecule has 5 N–H and O–H groups in total. The third-order valence-corrected chi connectivity index (χ3v) is 2.03. The van der Waals surface area contributed by atoms with Crippen LogP contribution >= 0.6 is 0 Å². The number of hydrogen-bond donors (Lipinski definition) is 4. The molecule has 1 aromatic heterocycles. The molecule has 1 amide bonds. The van der Waals surface area contributed by atoms with Crippen molar-refractivity contribution in [2.45, 2.75) is 32.7 Å². The number of nitrogens with zero attached hydrogens (tertiary/aromatic N) is 2. The van der Waals surface area contributed by atoms with Gasteiger partial charge in [0.15, 0.2) is 11.6 Å². The van der Waals surface area contributed by atoms with Crippen molar-refractivity contribution >= 4 is 17.7 Å². The van der Waals surface area contributed by atoms with Crippen molar-refractivity contribution in [3.05, 3.63) is 12.0 Å². The van der Waals surface area contributed by atoms with Crippen LogP contribution in [0.4, 0.5) is 16.2 Å². The van der Waals surface area contributed by atoms with E-state index in [0.717, 1.165) is 6.20 Å². The van der Waals surface area contributed by atoms with E-state index in [4.69, 9.17) is 5.84 Å². The Morgan fingerprint density at radius 3 is 2.74 bits per heavy atom. The standard InChI is InChI=1S/C11H19FN6O/c1-11(2,3)17-8(19)4-5-14-9-7(12)6-15-10(16-9)18-13/h6H,4-5,13H2,1-3H3,(H,17,19)(H2,14,15,16,18). The average Bonchev–Trinajstić information content (AvgIpc) is 2.29. The molecule has 0 aliphatic carbocycles. The summed E-state index contributed by atoms with van der Waals surface area (Å²) in [4.78, 5) is 19.0. The first-order valence-corrected chi connectivity index (χ1v) is 5.86. The Hall–Kier alpha value is -1.96. The van der Waals surface area contributed by atoms with E-state index in [0.29, 0.717) is 0 Å². The number of rotatable bonds is 5. The van der Waals surface area contributed by atoms with E-state index in [2.05, 4.69) is 26.0 Å². The summed E-state index contributed by atoms with van der Waals surface area (Å²) in [6.07, 6.45) is 1.21. The lowest BCUT2D eigenvalue weighted by atomic mass is 10.1. The van der Waals surface area contributed by atoms with Crippen molar-refractivity contribution in [2.24, 2.45) is 5.84 Å². The first-order chi connectivity index (χ1) is 8.81. The quantitative estimate of drug-likeness (QED) is 0.462. The second-order valence-electron chi connectivity index (χ2n) is 5.01. The monoisotopic (exact) mass is 270 g/mol. The van der Waals surface area contributed by atoms with E-state index in [-0.39, 0.29) is 36.2 Å². The van der Waals surface area contributed by atoms with E-state index in [1.165, 1.54) is 0 Å². The molecule has 19 heavy (non-hydrogen) atoms. The number of nitrogens with two attached hydrogens (primary N) is 1. The molecular formula is C11H19FN6O. The Kier molecular flexibility index (Phi) is 4.99. The molecule has 7 nitrogen and oxygen atoms in total. The van der Waals surface area contributed by atoms with Crippen LogP contribution in [0.5, 0.6) is 0 Å². The van der Waals surface area contributed by atoms with Crippen LogP contribution in [0.1, 0.15) is 27.2 Å². The van der Waals surface area contributed by atoms with Gasteiger partial charge in [-0.05, 0) is 20.8 Å². The summed E-state index contributed by atoms with van der Waals surface area (Å²) < 4.78 is 13.3. The van der Waals surface area contributed by atoms with Gasteiger partial charge in [-0.25, -0.2) is 15.2 Å². The minimum atomic E-state index is -0.602. The van der Waals surface area contributed by atoms with Crippen LogP contribution in [0.25, 0.3) is 0 Å². The van der Waals surface area contributed by atoms with Gasteiger partial charge < -0.3 is 10.6 Å². The van der Waals surface area contributed by atoms with Gasteiger partial charge in [0.05, 0.1) is 6.20 Å². The Morgan fingerprint density at radius 2 is 2.16 bits per heavy atom. The summed E-state index contributed by atoms with van der Waals surface area (Å²) in [5.74, 6) is 4.51. The Morgan fingerprint density at radius 1 is 1.47 bits per heavy atom. The van der Waals surface area contributed by atoms with Crippen LogP contribution in [0.2, 0.25) is 0 Å². The van der Waals surface area contributed by atoms with Crippen molar-refractivity contribution < 1.29 is 9.18 Å². The van der Waals surface area contributed by atoms with Crippen LogP contribution in [-0.4, -0.2) is 28.0 Å². The third-order valence-electron chi connectivity index (χ3n) is 2.03. The van der Waals surface area contributed by atoms with Gasteiger partial charge >= 0.3 is 0 Å². The molecule has 1 aromatic rings. The number of nitrogens with one attached hydrogen (secondary N) is 3. The third kappa shape index (κ3) is 5.47. The fraction of sp³-hybridized carbons (Fsp3) is 0.545. The van der Waals surface area contributed by atoms with E-state index >= 15 is 0 Å². The predicted molar refractivity (Wildman–Crippen MR) is 70.8 cm³/mol. The number of anilines is 2. The highest BCUT2D eigenvalue weighted by atomic mass is 19.1. The minimum Gasteiger partial charge on any atom is -0.367 e. The summed E-state index contributed by atoms with van der Waals surface area (Å²) in [5, 5.41) is 5.53. The molecule has 0 aromatic carbocycles. The molecule has 0 saturated heterocycles. The number of aromatic nitrogens is 2. The first kappa shape index (κ1) is 15.1. The molecule has 1 heterocycles.